The Morgan fingerprint density at radius 1 is 1.23 bits per heavy atom. The van der Waals surface area contributed by atoms with Crippen LogP contribution in [0.2, 0.25) is 0 Å². The molecule has 0 heterocycles. The van der Waals surface area contributed by atoms with Crippen LogP contribution in [0.1, 0.15) is 73.1 Å². The number of allylic oxidation sites excluding steroid dienone is 3. The molecule has 1 N–H and O–H groups in total. The number of hydrogen-bond donors (Lipinski definition) is 1. The van der Waals surface area contributed by atoms with E-state index in [4.69, 9.17) is 0 Å². The summed E-state index contributed by atoms with van der Waals surface area (Å²) in [6, 6.07) is 0. The van der Waals surface area contributed by atoms with Crippen LogP contribution in [0, 0.1) is 16.7 Å². The maximum atomic E-state index is 10.6. The molecule has 0 aromatic rings. The summed E-state index contributed by atoms with van der Waals surface area (Å²) in [6.45, 7) is 11.3. The first-order chi connectivity index (χ1) is 10.2. The Morgan fingerprint density at radius 2 is 1.86 bits per heavy atom. The van der Waals surface area contributed by atoms with Crippen molar-refractivity contribution in [2.24, 2.45) is 16.7 Å². The van der Waals surface area contributed by atoms with Gasteiger partial charge in [0.1, 0.15) is 6.29 Å². The lowest BCUT2D eigenvalue weighted by atomic mass is 9.55. The molecule has 0 aromatic heterocycles. The van der Waals surface area contributed by atoms with Gasteiger partial charge in [-0.15, -0.1) is 0 Å². The Hall–Kier alpha value is -0.890. The van der Waals surface area contributed by atoms with Crippen molar-refractivity contribution in [2.75, 3.05) is 0 Å². The van der Waals surface area contributed by atoms with Crippen LogP contribution in [0.15, 0.2) is 22.8 Å². The highest BCUT2D eigenvalue weighted by Crippen LogP contribution is 2.56. The smallest absolute Gasteiger partial charge is 0.142 e. The Labute approximate surface area is 135 Å². The lowest BCUT2D eigenvalue weighted by molar-refractivity contribution is -0.104. The third-order valence-corrected chi connectivity index (χ3v) is 6.64. The monoisotopic (exact) mass is 304 g/mol. The minimum atomic E-state index is -0.208. The van der Waals surface area contributed by atoms with E-state index in [1.54, 1.807) is 11.6 Å². The zero-order valence-corrected chi connectivity index (χ0v) is 14.9. The van der Waals surface area contributed by atoms with Gasteiger partial charge >= 0.3 is 0 Å². The summed E-state index contributed by atoms with van der Waals surface area (Å²) in [7, 11) is 0. The third kappa shape index (κ3) is 2.95. The summed E-state index contributed by atoms with van der Waals surface area (Å²) in [5, 5.41) is 10.4. The minimum Gasteiger partial charge on any atom is -0.392 e. The third-order valence-electron chi connectivity index (χ3n) is 6.64. The van der Waals surface area contributed by atoms with E-state index < -0.39 is 0 Å². The average molecular weight is 304 g/mol. The summed E-state index contributed by atoms with van der Waals surface area (Å²) in [6.07, 6.45) is 8.75. The number of carbonyl (C=O) groups excluding carboxylic acids is 1. The molecule has 3 atom stereocenters. The number of carbonyl (C=O) groups is 1. The van der Waals surface area contributed by atoms with Gasteiger partial charge in [-0.1, -0.05) is 44.4 Å². The van der Waals surface area contributed by atoms with Crippen LogP contribution in [0.4, 0.5) is 0 Å². The van der Waals surface area contributed by atoms with Gasteiger partial charge in [0, 0.05) is 5.41 Å². The minimum absolute atomic E-state index is 0.0807. The molecule has 0 aliphatic heterocycles. The Balaban J connectivity index is 2.34. The van der Waals surface area contributed by atoms with E-state index in [-0.39, 0.29) is 16.9 Å². The molecule has 0 fully saturated rings. The standard InChI is InChI=1S/C20H32O2/c1-14(11-13-21)10-12-20(5)15(2)6-7-16-17(20)8-9-18(22)19(16,3)4/h11,13,15,18,22H,6-10,12H2,1-5H3/b14-11+/t15-,18+,20+/m1/s1. The van der Waals surface area contributed by atoms with Crippen molar-refractivity contribution in [1.82, 2.24) is 0 Å². The number of aliphatic hydroxyl groups excluding tert-OH is 1. The summed E-state index contributed by atoms with van der Waals surface area (Å²) >= 11 is 0. The molecule has 124 valence electrons. The highest BCUT2D eigenvalue weighted by atomic mass is 16.3. The van der Waals surface area contributed by atoms with Gasteiger partial charge in [-0.3, -0.25) is 4.79 Å². The van der Waals surface area contributed by atoms with E-state index in [0.717, 1.165) is 38.4 Å². The number of hydrogen-bond acceptors (Lipinski definition) is 2. The molecule has 22 heavy (non-hydrogen) atoms. The van der Waals surface area contributed by atoms with Crippen LogP contribution in [0.3, 0.4) is 0 Å². The lowest BCUT2D eigenvalue weighted by Crippen LogP contribution is -2.43. The maximum Gasteiger partial charge on any atom is 0.142 e. The Morgan fingerprint density at radius 3 is 2.50 bits per heavy atom. The molecular formula is C20H32O2. The van der Waals surface area contributed by atoms with Gasteiger partial charge in [-0.05, 0) is 62.9 Å². The van der Waals surface area contributed by atoms with Crippen molar-refractivity contribution < 1.29 is 9.90 Å². The SMILES string of the molecule is C/C(=C\C=O)CC[C@]1(C)C2=C(CC[C@H]1C)C(C)(C)[C@@H](O)CC2. The first kappa shape index (κ1) is 17.5. The number of aldehydes is 1. The molecule has 2 rings (SSSR count). The van der Waals surface area contributed by atoms with Crippen LogP contribution < -0.4 is 0 Å². The Kier molecular flexibility index (Phi) is 5.01. The van der Waals surface area contributed by atoms with Crippen LogP contribution in [0.25, 0.3) is 0 Å². The van der Waals surface area contributed by atoms with Gasteiger partial charge in [0.15, 0.2) is 0 Å². The largest absolute Gasteiger partial charge is 0.392 e. The molecule has 0 spiro atoms. The second kappa shape index (κ2) is 6.31. The van der Waals surface area contributed by atoms with Gasteiger partial charge < -0.3 is 5.11 Å². The second-order valence-corrected chi connectivity index (χ2v) is 8.24. The van der Waals surface area contributed by atoms with Gasteiger partial charge in [0.2, 0.25) is 0 Å². The van der Waals surface area contributed by atoms with E-state index in [0.29, 0.717) is 5.92 Å². The fraction of sp³-hybridized carbons (Fsp3) is 0.750. The van der Waals surface area contributed by atoms with Crippen molar-refractivity contribution in [2.45, 2.75) is 79.2 Å². The highest BCUT2D eigenvalue weighted by molar-refractivity contribution is 5.65. The summed E-state index contributed by atoms with van der Waals surface area (Å²) in [5.41, 5.74) is 4.43. The van der Waals surface area contributed by atoms with Crippen LogP contribution in [-0.4, -0.2) is 17.5 Å². The molecule has 0 amide bonds. The fourth-order valence-electron chi connectivity index (χ4n) is 4.52. The van der Waals surface area contributed by atoms with Crippen molar-refractivity contribution in [3.05, 3.63) is 22.8 Å². The number of rotatable bonds is 4. The molecule has 0 saturated carbocycles. The summed E-state index contributed by atoms with van der Waals surface area (Å²) in [4.78, 5) is 10.6. The number of aliphatic hydroxyl groups is 1. The van der Waals surface area contributed by atoms with Crippen LogP contribution in [-0.2, 0) is 4.79 Å². The van der Waals surface area contributed by atoms with Crippen LogP contribution in [0.5, 0.6) is 0 Å². The van der Waals surface area contributed by atoms with Crippen molar-refractivity contribution in [1.29, 1.82) is 0 Å². The topological polar surface area (TPSA) is 37.3 Å². The van der Waals surface area contributed by atoms with Crippen LogP contribution >= 0.6 is 0 Å². The predicted octanol–water partition coefficient (Wildman–Crippen LogP) is 4.83. The molecule has 0 unspecified atom stereocenters. The maximum absolute atomic E-state index is 10.6. The molecule has 0 radical (unpaired) electrons. The normalized spacial score (nSPS) is 35.3. The lowest BCUT2D eigenvalue weighted by Gasteiger charge is -2.51. The zero-order chi connectivity index (χ0) is 16.5. The van der Waals surface area contributed by atoms with Gasteiger partial charge in [-0.25, -0.2) is 0 Å². The second-order valence-electron chi connectivity index (χ2n) is 8.24. The van der Waals surface area contributed by atoms with Crippen molar-refractivity contribution in [3.8, 4) is 0 Å². The zero-order valence-electron chi connectivity index (χ0n) is 14.9. The predicted molar refractivity (Wildman–Crippen MR) is 91.6 cm³/mol. The summed E-state index contributed by atoms with van der Waals surface area (Å²) < 4.78 is 0. The average Bonchev–Trinajstić information content (AvgIpc) is 2.45. The van der Waals surface area contributed by atoms with E-state index in [2.05, 4.69) is 34.6 Å². The first-order valence-corrected chi connectivity index (χ1v) is 8.75. The quantitative estimate of drug-likeness (QED) is 0.459. The molecule has 0 aromatic carbocycles. The fourth-order valence-corrected chi connectivity index (χ4v) is 4.52. The van der Waals surface area contributed by atoms with E-state index >= 15 is 0 Å². The Bertz CT molecular complexity index is 498. The summed E-state index contributed by atoms with van der Waals surface area (Å²) in [5.74, 6) is 0.668. The van der Waals surface area contributed by atoms with Gasteiger partial charge in [-0.2, -0.15) is 0 Å². The van der Waals surface area contributed by atoms with E-state index in [1.165, 1.54) is 17.6 Å². The molecule has 2 aliphatic carbocycles. The highest BCUT2D eigenvalue weighted by Gasteiger charge is 2.46. The molecule has 0 bridgehead atoms. The first-order valence-electron chi connectivity index (χ1n) is 8.75. The van der Waals surface area contributed by atoms with Gasteiger partial charge in [0.25, 0.3) is 0 Å². The molecule has 0 saturated heterocycles. The van der Waals surface area contributed by atoms with Gasteiger partial charge in [0.05, 0.1) is 6.10 Å². The van der Waals surface area contributed by atoms with Crippen molar-refractivity contribution in [3.63, 3.8) is 0 Å². The van der Waals surface area contributed by atoms with E-state index in [1.807, 2.05) is 0 Å². The van der Waals surface area contributed by atoms with Crippen molar-refractivity contribution >= 4 is 6.29 Å². The molecular weight excluding hydrogens is 272 g/mol. The van der Waals surface area contributed by atoms with E-state index in [9.17, 15) is 9.90 Å². The molecule has 2 aliphatic rings. The molecule has 2 heteroatoms. The molecule has 2 nitrogen and oxygen atoms in total.